The highest BCUT2D eigenvalue weighted by atomic mass is 35.5. The van der Waals surface area contributed by atoms with E-state index in [0.717, 1.165) is 22.3 Å². The predicted molar refractivity (Wildman–Crippen MR) is 94.3 cm³/mol. The Morgan fingerprint density at radius 1 is 1.00 bits per heavy atom. The SMILES string of the molecule is Cc1cc(-c2nnc(N)nc2-c2cccc(Cl)c2)cc(C)c1C#N. The number of halogens is 1. The largest absolute Gasteiger partial charge is 0.366 e. The lowest BCUT2D eigenvalue weighted by Gasteiger charge is -2.11. The van der Waals surface area contributed by atoms with Crippen molar-refractivity contribution in [1.82, 2.24) is 15.2 Å². The molecule has 0 aliphatic heterocycles. The molecule has 0 radical (unpaired) electrons. The molecule has 1 aromatic heterocycles. The first-order valence-corrected chi connectivity index (χ1v) is 7.65. The minimum absolute atomic E-state index is 0.0933. The van der Waals surface area contributed by atoms with Gasteiger partial charge in [0.1, 0.15) is 11.4 Å². The zero-order valence-electron chi connectivity index (χ0n) is 13.2. The van der Waals surface area contributed by atoms with Gasteiger partial charge < -0.3 is 5.73 Å². The molecular formula is C18H14ClN5. The summed E-state index contributed by atoms with van der Waals surface area (Å²) in [5.41, 5.74) is 11.0. The second kappa shape index (κ2) is 6.26. The number of aryl methyl sites for hydroxylation is 2. The molecule has 0 unspecified atom stereocenters. The molecule has 0 saturated heterocycles. The lowest BCUT2D eigenvalue weighted by molar-refractivity contribution is 0.996. The summed E-state index contributed by atoms with van der Waals surface area (Å²) in [5.74, 6) is 0.0933. The summed E-state index contributed by atoms with van der Waals surface area (Å²) < 4.78 is 0. The standard InChI is InChI=1S/C18H14ClN5/c1-10-6-13(7-11(2)15(10)9-20)17-16(22-18(21)24-23-17)12-4-3-5-14(19)8-12/h3-8H,1-2H3,(H2,21,22,24). The number of benzene rings is 2. The van der Waals surface area contributed by atoms with Crippen LogP contribution in [0.4, 0.5) is 5.95 Å². The summed E-state index contributed by atoms with van der Waals surface area (Å²) >= 11 is 6.09. The zero-order valence-corrected chi connectivity index (χ0v) is 14.0. The number of nitrogens with zero attached hydrogens (tertiary/aromatic N) is 4. The first-order chi connectivity index (χ1) is 11.5. The van der Waals surface area contributed by atoms with Gasteiger partial charge in [-0.25, -0.2) is 4.98 Å². The molecule has 24 heavy (non-hydrogen) atoms. The molecule has 0 bridgehead atoms. The monoisotopic (exact) mass is 335 g/mol. The Balaban J connectivity index is 2.25. The summed E-state index contributed by atoms with van der Waals surface area (Å²) in [6, 6.07) is 13.4. The van der Waals surface area contributed by atoms with Gasteiger partial charge in [-0.15, -0.1) is 10.2 Å². The van der Waals surface area contributed by atoms with Crippen LogP contribution < -0.4 is 5.73 Å². The third kappa shape index (κ3) is 2.92. The Morgan fingerprint density at radius 3 is 2.33 bits per heavy atom. The summed E-state index contributed by atoms with van der Waals surface area (Å²) in [5, 5.41) is 18.0. The van der Waals surface area contributed by atoms with Crippen LogP contribution in [0.25, 0.3) is 22.5 Å². The van der Waals surface area contributed by atoms with E-state index in [1.165, 1.54) is 0 Å². The molecule has 0 spiro atoms. The Hall–Kier alpha value is -2.97. The number of nitrogens with two attached hydrogens (primary N) is 1. The number of anilines is 1. The van der Waals surface area contributed by atoms with E-state index in [9.17, 15) is 5.26 Å². The number of hydrogen-bond acceptors (Lipinski definition) is 5. The summed E-state index contributed by atoms with van der Waals surface area (Å²) in [6.07, 6.45) is 0. The Bertz CT molecular complexity index is 952. The topological polar surface area (TPSA) is 88.5 Å². The molecular weight excluding hydrogens is 322 g/mol. The second-order valence-corrected chi connectivity index (χ2v) is 5.91. The highest BCUT2D eigenvalue weighted by Gasteiger charge is 2.15. The highest BCUT2D eigenvalue weighted by Crippen LogP contribution is 2.32. The minimum Gasteiger partial charge on any atom is -0.366 e. The maximum absolute atomic E-state index is 9.24. The molecule has 3 aromatic rings. The lowest BCUT2D eigenvalue weighted by atomic mass is 9.96. The van der Waals surface area contributed by atoms with Crippen LogP contribution >= 0.6 is 11.6 Å². The van der Waals surface area contributed by atoms with Gasteiger partial charge in [0.25, 0.3) is 0 Å². The van der Waals surface area contributed by atoms with Crippen molar-refractivity contribution < 1.29 is 0 Å². The molecule has 6 heteroatoms. The van der Waals surface area contributed by atoms with E-state index in [2.05, 4.69) is 21.3 Å². The average Bonchev–Trinajstić information content (AvgIpc) is 2.54. The number of nitrogen functional groups attached to an aromatic ring is 1. The van der Waals surface area contributed by atoms with E-state index >= 15 is 0 Å². The van der Waals surface area contributed by atoms with Crippen LogP contribution in [0, 0.1) is 25.2 Å². The molecule has 0 amide bonds. The quantitative estimate of drug-likeness (QED) is 0.766. The summed E-state index contributed by atoms with van der Waals surface area (Å²) in [6.45, 7) is 3.79. The van der Waals surface area contributed by atoms with Crippen molar-refractivity contribution in [3.63, 3.8) is 0 Å². The van der Waals surface area contributed by atoms with E-state index in [-0.39, 0.29) is 5.95 Å². The molecule has 0 saturated carbocycles. The van der Waals surface area contributed by atoms with Crippen LogP contribution in [0.2, 0.25) is 5.02 Å². The van der Waals surface area contributed by atoms with Gasteiger partial charge in [0.2, 0.25) is 5.95 Å². The van der Waals surface area contributed by atoms with E-state index < -0.39 is 0 Å². The molecule has 0 atom stereocenters. The number of aromatic nitrogens is 3. The molecule has 0 aliphatic rings. The van der Waals surface area contributed by atoms with Gasteiger partial charge in [-0.2, -0.15) is 5.26 Å². The van der Waals surface area contributed by atoms with Gasteiger partial charge in [-0.1, -0.05) is 23.7 Å². The van der Waals surface area contributed by atoms with E-state index in [1.807, 2.05) is 38.1 Å². The first kappa shape index (κ1) is 15.9. The van der Waals surface area contributed by atoms with Gasteiger partial charge in [0.15, 0.2) is 0 Å². The maximum atomic E-state index is 9.24. The average molecular weight is 336 g/mol. The van der Waals surface area contributed by atoms with Crippen LogP contribution in [0.15, 0.2) is 36.4 Å². The third-order valence-electron chi connectivity index (χ3n) is 3.72. The molecule has 0 aliphatic carbocycles. The van der Waals surface area contributed by atoms with Crippen molar-refractivity contribution in [3.8, 4) is 28.6 Å². The van der Waals surface area contributed by atoms with E-state index in [1.54, 1.807) is 12.1 Å². The number of hydrogen-bond donors (Lipinski definition) is 1. The fourth-order valence-corrected chi connectivity index (χ4v) is 2.84. The molecule has 1 heterocycles. The predicted octanol–water partition coefficient (Wildman–Crippen LogP) is 3.93. The van der Waals surface area contributed by atoms with Crippen molar-refractivity contribution in [3.05, 3.63) is 58.1 Å². The van der Waals surface area contributed by atoms with Gasteiger partial charge in [0, 0.05) is 16.1 Å². The van der Waals surface area contributed by atoms with Crippen LogP contribution in [-0.2, 0) is 0 Å². The molecule has 0 fully saturated rings. The molecule has 5 nitrogen and oxygen atoms in total. The Morgan fingerprint density at radius 2 is 1.71 bits per heavy atom. The van der Waals surface area contributed by atoms with Crippen molar-refractivity contribution >= 4 is 17.5 Å². The van der Waals surface area contributed by atoms with Gasteiger partial charge >= 0.3 is 0 Å². The van der Waals surface area contributed by atoms with Gasteiger partial charge in [-0.3, -0.25) is 0 Å². The third-order valence-corrected chi connectivity index (χ3v) is 3.95. The van der Waals surface area contributed by atoms with Crippen molar-refractivity contribution in [1.29, 1.82) is 5.26 Å². The van der Waals surface area contributed by atoms with Crippen molar-refractivity contribution in [2.45, 2.75) is 13.8 Å². The fourth-order valence-electron chi connectivity index (χ4n) is 2.65. The van der Waals surface area contributed by atoms with Crippen LogP contribution in [-0.4, -0.2) is 15.2 Å². The maximum Gasteiger partial charge on any atom is 0.240 e. The van der Waals surface area contributed by atoms with Crippen molar-refractivity contribution in [2.75, 3.05) is 5.73 Å². The van der Waals surface area contributed by atoms with Crippen molar-refractivity contribution in [2.24, 2.45) is 0 Å². The lowest BCUT2D eigenvalue weighted by Crippen LogP contribution is -2.03. The Labute approximate surface area is 144 Å². The van der Waals surface area contributed by atoms with Gasteiger partial charge in [0.05, 0.1) is 11.6 Å². The zero-order chi connectivity index (χ0) is 17.3. The van der Waals surface area contributed by atoms with E-state index in [4.69, 9.17) is 17.3 Å². The number of nitriles is 1. The van der Waals surface area contributed by atoms with Crippen LogP contribution in [0.3, 0.4) is 0 Å². The molecule has 2 aromatic carbocycles. The number of rotatable bonds is 2. The van der Waals surface area contributed by atoms with Crippen LogP contribution in [0.5, 0.6) is 0 Å². The smallest absolute Gasteiger partial charge is 0.240 e. The summed E-state index contributed by atoms with van der Waals surface area (Å²) in [7, 11) is 0. The minimum atomic E-state index is 0.0933. The normalized spacial score (nSPS) is 10.4. The van der Waals surface area contributed by atoms with Gasteiger partial charge in [-0.05, 0) is 49.2 Å². The fraction of sp³-hybridized carbons (Fsp3) is 0.111. The molecule has 2 N–H and O–H groups in total. The summed E-state index contributed by atoms with van der Waals surface area (Å²) in [4.78, 5) is 4.34. The second-order valence-electron chi connectivity index (χ2n) is 5.47. The molecule has 118 valence electrons. The Kier molecular flexibility index (Phi) is 4.15. The highest BCUT2D eigenvalue weighted by molar-refractivity contribution is 6.30. The first-order valence-electron chi connectivity index (χ1n) is 7.27. The van der Waals surface area contributed by atoms with Crippen LogP contribution in [0.1, 0.15) is 16.7 Å². The molecule has 3 rings (SSSR count). The van der Waals surface area contributed by atoms with E-state index in [0.29, 0.717) is 22.0 Å².